The van der Waals surface area contributed by atoms with Gasteiger partial charge in [0.1, 0.15) is 11.5 Å². The molecule has 1 aromatic rings. The number of nitrogens with one attached hydrogen (secondary N) is 1. The number of hydrogen-bond acceptors (Lipinski definition) is 3. The summed E-state index contributed by atoms with van der Waals surface area (Å²) in [4.78, 5) is 0. The first kappa shape index (κ1) is 14.2. The second-order valence-electron chi connectivity index (χ2n) is 5.25. The van der Waals surface area contributed by atoms with E-state index >= 15 is 0 Å². The van der Waals surface area contributed by atoms with Crippen molar-refractivity contribution in [2.24, 2.45) is 0 Å². The Labute approximate surface area is 116 Å². The van der Waals surface area contributed by atoms with Gasteiger partial charge in [-0.1, -0.05) is 25.7 Å². The molecule has 0 amide bonds. The molecule has 1 saturated carbocycles. The number of benzene rings is 1. The SMILES string of the molecule is COc1ccc(OC)c(CNC2CCCCCC2)c1. The third kappa shape index (κ3) is 4.13. The number of methoxy groups -OCH3 is 2. The maximum Gasteiger partial charge on any atom is 0.123 e. The molecule has 0 aromatic heterocycles. The molecule has 0 radical (unpaired) electrons. The lowest BCUT2D eigenvalue weighted by Gasteiger charge is -2.18. The van der Waals surface area contributed by atoms with E-state index in [9.17, 15) is 0 Å². The standard InChI is InChI=1S/C16H25NO2/c1-18-15-9-10-16(19-2)13(11-15)12-17-14-7-5-3-4-6-8-14/h9-11,14,17H,3-8,12H2,1-2H3. The molecule has 0 bridgehead atoms. The highest BCUT2D eigenvalue weighted by Crippen LogP contribution is 2.24. The van der Waals surface area contributed by atoms with Crippen molar-refractivity contribution in [3.05, 3.63) is 23.8 Å². The fraction of sp³-hybridized carbons (Fsp3) is 0.625. The molecule has 0 aliphatic heterocycles. The summed E-state index contributed by atoms with van der Waals surface area (Å²) >= 11 is 0. The normalized spacial score (nSPS) is 16.9. The first-order valence-electron chi connectivity index (χ1n) is 7.28. The summed E-state index contributed by atoms with van der Waals surface area (Å²) in [7, 11) is 3.42. The first-order valence-corrected chi connectivity index (χ1v) is 7.28. The van der Waals surface area contributed by atoms with E-state index in [0.29, 0.717) is 6.04 Å². The molecule has 0 heterocycles. The summed E-state index contributed by atoms with van der Waals surface area (Å²) in [5.74, 6) is 1.82. The Morgan fingerprint density at radius 1 is 1.05 bits per heavy atom. The monoisotopic (exact) mass is 263 g/mol. The molecule has 0 saturated heterocycles. The zero-order chi connectivity index (χ0) is 13.5. The molecule has 1 fully saturated rings. The van der Waals surface area contributed by atoms with Gasteiger partial charge >= 0.3 is 0 Å². The van der Waals surface area contributed by atoms with Crippen LogP contribution < -0.4 is 14.8 Å². The van der Waals surface area contributed by atoms with Crippen LogP contribution in [0, 0.1) is 0 Å². The van der Waals surface area contributed by atoms with Crippen molar-refractivity contribution in [1.82, 2.24) is 5.32 Å². The van der Waals surface area contributed by atoms with Crippen molar-refractivity contribution < 1.29 is 9.47 Å². The van der Waals surface area contributed by atoms with E-state index in [0.717, 1.165) is 18.0 Å². The van der Waals surface area contributed by atoms with Crippen LogP contribution >= 0.6 is 0 Å². The van der Waals surface area contributed by atoms with Gasteiger partial charge in [0.05, 0.1) is 14.2 Å². The molecule has 0 unspecified atom stereocenters. The van der Waals surface area contributed by atoms with E-state index in [2.05, 4.69) is 11.4 Å². The van der Waals surface area contributed by atoms with Crippen molar-refractivity contribution in [2.45, 2.75) is 51.1 Å². The highest BCUT2D eigenvalue weighted by atomic mass is 16.5. The zero-order valence-corrected chi connectivity index (χ0v) is 12.1. The molecule has 3 nitrogen and oxygen atoms in total. The molecule has 3 heteroatoms. The molecule has 1 aromatic carbocycles. The average Bonchev–Trinajstić information content (AvgIpc) is 2.73. The van der Waals surface area contributed by atoms with Gasteiger partial charge in [-0.2, -0.15) is 0 Å². The second kappa shape index (κ2) is 7.39. The summed E-state index contributed by atoms with van der Waals surface area (Å²) in [5, 5.41) is 3.67. The molecule has 1 aliphatic carbocycles. The van der Waals surface area contributed by atoms with Gasteiger partial charge in [0.15, 0.2) is 0 Å². The lowest BCUT2D eigenvalue weighted by atomic mass is 10.1. The summed E-state index contributed by atoms with van der Waals surface area (Å²) in [6.45, 7) is 0.852. The molecular formula is C16H25NO2. The topological polar surface area (TPSA) is 30.5 Å². The van der Waals surface area contributed by atoms with Crippen LogP contribution in [0.2, 0.25) is 0 Å². The summed E-state index contributed by atoms with van der Waals surface area (Å²) in [6, 6.07) is 6.62. The van der Waals surface area contributed by atoms with Crippen molar-refractivity contribution in [2.75, 3.05) is 14.2 Å². The minimum absolute atomic E-state index is 0.651. The lowest BCUT2D eigenvalue weighted by molar-refractivity contribution is 0.392. The van der Waals surface area contributed by atoms with Crippen LogP contribution in [0.25, 0.3) is 0 Å². The van der Waals surface area contributed by atoms with Gasteiger partial charge in [-0.3, -0.25) is 0 Å². The van der Waals surface area contributed by atoms with E-state index in [1.807, 2.05) is 12.1 Å². The molecule has 0 atom stereocenters. The van der Waals surface area contributed by atoms with Crippen LogP contribution in [-0.4, -0.2) is 20.3 Å². The van der Waals surface area contributed by atoms with E-state index < -0.39 is 0 Å². The Morgan fingerprint density at radius 3 is 2.42 bits per heavy atom. The Kier molecular flexibility index (Phi) is 5.52. The average molecular weight is 263 g/mol. The van der Waals surface area contributed by atoms with Gasteiger partial charge in [0, 0.05) is 18.2 Å². The fourth-order valence-corrected chi connectivity index (χ4v) is 2.76. The van der Waals surface area contributed by atoms with Crippen LogP contribution in [0.1, 0.15) is 44.1 Å². The van der Waals surface area contributed by atoms with Gasteiger partial charge in [-0.15, -0.1) is 0 Å². The summed E-state index contributed by atoms with van der Waals surface area (Å²) < 4.78 is 10.7. The molecule has 106 valence electrons. The second-order valence-corrected chi connectivity index (χ2v) is 5.25. The minimum Gasteiger partial charge on any atom is -0.497 e. The molecular weight excluding hydrogens is 238 g/mol. The predicted octanol–water partition coefficient (Wildman–Crippen LogP) is 3.52. The Morgan fingerprint density at radius 2 is 1.79 bits per heavy atom. The Hall–Kier alpha value is -1.22. The van der Waals surface area contributed by atoms with E-state index in [1.165, 1.54) is 44.1 Å². The Bertz CT molecular complexity index is 384. The molecule has 0 spiro atoms. The largest absolute Gasteiger partial charge is 0.497 e. The van der Waals surface area contributed by atoms with Crippen LogP contribution in [0.5, 0.6) is 11.5 Å². The molecule has 19 heavy (non-hydrogen) atoms. The highest BCUT2D eigenvalue weighted by Gasteiger charge is 2.13. The molecule has 1 aliphatic rings. The van der Waals surface area contributed by atoms with Crippen molar-refractivity contribution in [1.29, 1.82) is 0 Å². The van der Waals surface area contributed by atoms with Gasteiger partial charge in [-0.05, 0) is 31.0 Å². The van der Waals surface area contributed by atoms with E-state index in [1.54, 1.807) is 14.2 Å². The third-order valence-electron chi connectivity index (χ3n) is 3.92. The van der Waals surface area contributed by atoms with Crippen LogP contribution in [0.4, 0.5) is 0 Å². The maximum absolute atomic E-state index is 5.41. The first-order chi connectivity index (χ1) is 9.33. The predicted molar refractivity (Wildman–Crippen MR) is 77.9 cm³/mol. The van der Waals surface area contributed by atoms with Gasteiger partial charge in [-0.25, -0.2) is 0 Å². The molecule has 1 N–H and O–H groups in total. The molecule has 2 rings (SSSR count). The highest BCUT2D eigenvalue weighted by molar-refractivity contribution is 5.40. The zero-order valence-electron chi connectivity index (χ0n) is 12.1. The number of rotatable bonds is 5. The summed E-state index contributed by atoms with van der Waals surface area (Å²) in [6.07, 6.45) is 8.08. The van der Waals surface area contributed by atoms with Crippen LogP contribution in [-0.2, 0) is 6.54 Å². The third-order valence-corrected chi connectivity index (χ3v) is 3.92. The van der Waals surface area contributed by atoms with Crippen LogP contribution in [0.15, 0.2) is 18.2 Å². The van der Waals surface area contributed by atoms with Crippen molar-refractivity contribution in [3.63, 3.8) is 0 Å². The Balaban J connectivity index is 1.96. The quantitative estimate of drug-likeness (QED) is 0.825. The van der Waals surface area contributed by atoms with Crippen molar-refractivity contribution >= 4 is 0 Å². The lowest BCUT2D eigenvalue weighted by Crippen LogP contribution is -2.28. The number of ether oxygens (including phenoxy) is 2. The minimum atomic E-state index is 0.651. The van der Waals surface area contributed by atoms with Crippen LogP contribution in [0.3, 0.4) is 0 Å². The smallest absolute Gasteiger partial charge is 0.123 e. The van der Waals surface area contributed by atoms with E-state index in [-0.39, 0.29) is 0 Å². The van der Waals surface area contributed by atoms with Gasteiger partial charge in [0.2, 0.25) is 0 Å². The van der Waals surface area contributed by atoms with Gasteiger partial charge < -0.3 is 14.8 Å². The fourth-order valence-electron chi connectivity index (χ4n) is 2.76. The van der Waals surface area contributed by atoms with Gasteiger partial charge in [0.25, 0.3) is 0 Å². The summed E-state index contributed by atoms with van der Waals surface area (Å²) in [5.41, 5.74) is 1.17. The van der Waals surface area contributed by atoms with E-state index in [4.69, 9.17) is 9.47 Å². The number of hydrogen-bond donors (Lipinski definition) is 1. The van der Waals surface area contributed by atoms with Crippen molar-refractivity contribution in [3.8, 4) is 11.5 Å². The maximum atomic E-state index is 5.41.